The van der Waals surface area contributed by atoms with Crippen molar-refractivity contribution in [3.8, 4) is 11.8 Å². The van der Waals surface area contributed by atoms with Crippen LogP contribution in [0.5, 0.6) is 0 Å². The Bertz CT molecular complexity index is 285. The fraction of sp³-hybridized carbons (Fsp3) is 0.400. The predicted molar refractivity (Wildman–Crippen MR) is 50.2 cm³/mol. The fourth-order valence-electron chi connectivity index (χ4n) is 1.19. The average Bonchev–Trinajstić information content (AvgIpc) is 2.74. The van der Waals surface area contributed by atoms with E-state index >= 15 is 0 Å². The Morgan fingerprint density at radius 1 is 1.58 bits per heavy atom. The van der Waals surface area contributed by atoms with E-state index in [4.69, 9.17) is 4.74 Å². The maximum Gasteiger partial charge on any atom is 0.118 e. The summed E-state index contributed by atoms with van der Waals surface area (Å²) in [6, 6.07) is 4.05. The highest BCUT2D eigenvalue weighted by Gasteiger charge is 2.11. The smallest absolute Gasteiger partial charge is 0.118 e. The summed E-state index contributed by atoms with van der Waals surface area (Å²) in [6.45, 7) is 0.879. The molecule has 2 heteroatoms. The van der Waals surface area contributed by atoms with Gasteiger partial charge in [0, 0.05) is 6.61 Å². The van der Waals surface area contributed by atoms with Crippen LogP contribution in [0.15, 0.2) is 17.5 Å². The van der Waals surface area contributed by atoms with Crippen LogP contribution in [0.1, 0.15) is 17.7 Å². The molecule has 12 heavy (non-hydrogen) atoms. The molecule has 0 aromatic carbocycles. The molecule has 1 aromatic heterocycles. The van der Waals surface area contributed by atoms with Gasteiger partial charge in [0.1, 0.15) is 6.10 Å². The van der Waals surface area contributed by atoms with E-state index in [9.17, 15) is 0 Å². The number of rotatable bonds is 0. The van der Waals surface area contributed by atoms with Crippen molar-refractivity contribution < 1.29 is 4.74 Å². The minimum Gasteiger partial charge on any atom is -0.366 e. The Hall–Kier alpha value is -0.780. The van der Waals surface area contributed by atoms with Gasteiger partial charge in [-0.05, 0) is 24.3 Å². The lowest BCUT2D eigenvalue weighted by molar-refractivity contribution is 0.152. The van der Waals surface area contributed by atoms with Gasteiger partial charge >= 0.3 is 0 Å². The molecule has 0 bridgehead atoms. The van der Waals surface area contributed by atoms with Gasteiger partial charge in [-0.3, -0.25) is 0 Å². The number of hydrogen-bond donors (Lipinski definition) is 0. The van der Waals surface area contributed by atoms with E-state index in [0.717, 1.165) is 24.3 Å². The van der Waals surface area contributed by atoms with Crippen molar-refractivity contribution in [1.29, 1.82) is 0 Å². The summed E-state index contributed by atoms with van der Waals surface area (Å²) in [5.74, 6) is 6.23. The van der Waals surface area contributed by atoms with Gasteiger partial charge in [0.25, 0.3) is 0 Å². The minimum absolute atomic E-state index is 0.187. The van der Waals surface area contributed by atoms with Gasteiger partial charge in [-0.1, -0.05) is 17.9 Å². The maximum atomic E-state index is 5.38. The fourth-order valence-corrected chi connectivity index (χ4v) is 1.77. The molecule has 1 unspecified atom stereocenters. The van der Waals surface area contributed by atoms with Crippen molar-refractivity contribution in [1.82, 2.24) is 0 Å². The van der Waals surface area contributed by atoms with Crippen molar-refractivity contribution in [3.63, 3.8) is 0 Å². The van der Waals surface area contributed by atoms with E-state index in [1.54, 1.807) is 11.3 Å². The van der Waals surface area contributed by atoms with Gasteiger partial charge in [0.15, 0.2) is 0 Å². The van der Waals surface area contributed by atoms with Crippen LogP contribution >= 0.6 is 11.3 Å². The normalized spacial score (nSPS) is 21.8. The molecule has 1 aliphatic heterocycles. The Morgan fingerprint density at radius 2 is 2.58 bits per heavy atom. The molecule has 1 saturated heterocycles. The maximum absolute atomic E-state index is 5.38. The molecule has 62 valence electrons. The zero-order chi connectivity index (χ0) is 8.23. The molecule has 0 radical (unpaired) electrons. The summed E-state index contributed by atoms with van der Waals surface area (Å²) in [4.78, 5) is 1.13. The van der Waals surface area contributed by atoms with E-state index in [2.05, 4.69) is 11.8 Å². The molecule has 0 aliphatic carbocycles. The molecule has 0 amide bonds. The lowest BCUT2D eigenvalue weighted by atomic mass is 10.2. The summed E-state index contributed by atoms with van der Waals surface area (Å²) < 4.78 is 5.38. The van der Waals surface area contributed by atoms with Crippen LogP contribution < -0.4 is 0 Å². The van der Waals surface area contributed by atoms with Crippen LogP contribution in [0.4, 0.5) is 0 Å². The molecular weight excluding hydrogens is 168 g/mol. The second-order valence-electron chi connectivity index (χ2n) is 2.75. The topological polar surface area (TPSA) is 9.23 Å². The predicted octanol–water partition coefficient (Wildman–Crippen LogP) is 2.28. The molecule has 1 fully saturated rings. The van der Waals surface area contributed by atoms with Crippen LogP contribution in [-0.2, 0) is 4.74 Å². The highest BCUT2D eigenvalue weighted by molar-refractivity contribution is 7.10. The first-order chi connectivity index (χ1) is 5.95. The van der Waals surface area contributed by atoms with Gasteiger partial charge < -0.3 is 4.74 Å². The summed E-state index contributed by atoms with van der Waals surface area (Å²) in [6.07, 6.45) is 2.44. The summed E-state index contributed by atoms with van der Waals surface area (Å²) in [5, 5.41) is 2.04. The number of ether oxygens (including phenoxy) is 1. The van der Waals surface area contributed by atoms with Gasteiger partial charge in [-0.25, -0.2) is 0 Å². The van der Waals surface area contributed by atoms with Crippen LogP contribution in [0.25, 0.3) is 0 Å². The first-order valence-electron chi connectivity index (χ1n) is 4.12. The van der Waals surface area contributed by atoms with E-state index in [1.165, 1.54) is 0 Å². The van der Waals surface area contributed by atoms with Crippen molar-refractivity contribution in [2.24, 2.45) is 0 Å². The standard InChI is InChI=1S/C10H10OS/c1-3-9(11-7-1)5-6-10-4-2-8-12-10/h2,4,8-9H,1,3,7H2. The van der Waals surface area contributed by atoms with Gasteiger partial charge in [-0.2, -0.15) is 0 Å². The van der Waals surface area contributed by atoms with Gasteiger partial charge in [0.05, 0.1) is 4.88 Å². The van der Waals surface area contributed by atoms with Crippen molar-refractivity contribution in [2.45, 2.75) is 18.9 Å². The molecule has 0 saturated carbocycles. The van der Waals surface area contributed by atoms with Gasteiger partial charge in [-0.15, -0.1) is 11.3 Å². The van der Waals surface area contributed by atoms with Gasteiger partial charge in [0.2, 0.25) is 0 Å². The third kappa shape index (κ3) is 1.88. The zero-order valence-electron chi connectivity index (χ0n) is 6.75. The summed E-state index contributed by atoms with van der Waals surface area (Å²) in [7, 11) is 0. The second kappa shape index (κ2) is 3.75. The lowest BCUT2D eigenvalue weighted by Crippen LogP contribution is -1.99. The van der Waals surface area contributed by atoms with Crippen LogP contribution in [0.3, 0.4) is 0 Å². The second-order valence-corrected chi connectivity index (χ2v) is 3.70. The first-order valence-corrected chi connectivity index (χ1v) is 5.00. The Labute approximate surface area is 76.4 Å². The zero-order valence-corrected chi connectivity index (χ0v) is 7.56. The van der Waals surface area contributed by atoms with E-state index in [0.29, 0.717) is 0 Å². The molecule has 1 atom stereocenters. The van der Waals surface area contributed by atoms with Crippen LogP contribution in [0, 0.1) is 11.8 Å². The Morgan fingerprint density at radius 3 is 3.25 bits per heavy atom. The van der Waals surface area contributed by atoms with E-state index in [1.807, 2.05) is 17.5 Å². The van der Waals surface area contributed by atoms with E-state index in [-0.39, 0.29) is 6.10 Å². The monoisotopic (exact) mass is 178 g/mol. The molecular formula is C10H10OS. The van der Waals surface area contributed by atoms with Crippen LogP contribution in [-0.4, -0.2) is 12.7 Å². The van der Waals surface area contributed by atoms with E-state index < -0.39 is 0 Å². The largest absolute Gasteiger partial charge is 0.366 e. The van der Waals surface area contributed by atoms with Crippen molar-refractivity contribution in [2.75, 3.05) is 6.61 Å². The highest BCUT2D eigenvalue weighted by atomic mass is 32.1. The molecule has 1 nitrogen and oxygen atoms in total. The molecule has 2 rings (SSSR count). The molecule has 0 N–H and O–H groups in total. The lowest BCUT2D eigenvalue weighted by Gasteiger charge is -1.95. The molecule has 2 heterocycles. The Kier molecular flexibility index (Phi) is 2.45. The van der Waals surface area contributed by atoms with Crippen molar-refractivity contribution in [3.05, 3.63) is 22.4 Å². The highest BCUT2D eigenvalue weighted by Crippen LogP contribution is 2.11. The van der Waals surface area contributed by atoms with Crippen LogP contribution in [0.2, 0.25) is 0 Å². The summed E-state index contributed by atoms with van der Waals surface area (Å²) in [5.41, 5.74) is 0. The molecule has 1 aromatic rings. The SMILES string of the molecule is C(#CC1CCCO1)c1cccs1. The first kappa shape index (κ1) is 7.85. The number of thiophene rings is 1. The average molecular weight is 178 g/mol. The number of hydrogen-bond acceptors (Lipinski definition) is 2. The third-order valence-corrected chi connectivity index (χ3v) is 2.59. The van der Waals surface area contributed by atoms with Crippen molar-refractivity contribution >= 4 is 11.3 Å². The minimum atomic E-state index is 0.187. The summed E-state index contributed by atoms with van der Waals surface area (Å²) >= 11 is 1.68. The Balaban J connectivity index is 2.00. The molecule has 1 aliphatic rings. The third-order valence-electron chi connectivity index (χ3n) is 1.81. The quantitative estimate of drug-likeness (QED) is 0.554. The molecule has 0 spiro atoms.